The highest BCUT2D eigenvalue weighted by Crippen LogP contribution is 2.34. The third-order valence-corrected chi connectivity index (χ3v) is 2.69. The Morgan fingerprint density at radius 3 is 2.80 bits per heavy atom. The fraction of sp³-hybridized carbons (Fsp3) is 0.143. The normalized spacial score (nSPS) is 9.85. The van der Waals surface area contributed by atoms with Crippen LogP contribution in [-0.2, 0) is 6.61 Å². The van der Waals surface area contributed by atoms with E-state index in [1.165, 1.54) is 19.4 Å². The van der Waals surface area contributed by atoms with Crippen LogP contribution in [0.5, 0.6) is 17.4 Å². The minimum Gasteiger partial charge on any atom is -0.493 e. The van der Waals surface area contributed by atoms with Crippen molar-refractivity contribution in [1.29, 1.82) is 5.26 Å². The van der Waals surface area contributed by atoms with Crippen molar-refractivity contribution in [2.45, 2.75) is 6.61 Å². The van der Waals surface area contributed by atoms with Crippen LogP contribution >= 0.6 is 0 Å². The first-order valence-corrected chi connectivity index (χ1v) is 5.79. The van der Waals surface area contributed by atoms with E-state index in [4.69, 9.17) is 25.6 Å². The zero-order valence-electron chi connectivity index (χ0n) is 10.8. The quantitative estimate of drug-likeness (QED) is 0.879. The Bertz CT molecular complexity index is 665. The average Bonchev–Trinajstić information content (AvgIpc) is 2.49. The molecule has 0 aliphatic heterocycles. The van der Waals surface area contributed by atoms with Crippen LogP contribution in [0.4, 0.5) is 5.69 Å². The van der Waals surface area contributed by atoms with Crippen LogP contribution in [0.2, 0.25) is 0 Å². The number of nitrogens with two attached hydrogens (primary N) is 1. The molecule has 0 unspecified atom stereocenters. The number of pyridine rings is 1. The lowest BCUT2D eigenvalue weighted by Gasteiger charge is -2.12. The van der Waals surface area contributed by atoms with Gasteiger partial charge in [0, 0.05) is 6.20 Å². The molecule has 0 fully saturated rings. The second-order valence-electron chi connectivity index (χ2n) is 3.93. The number of benzene rings is 1. The van der Waals surface area contributed by atoms with Crippen LogP contribution in [0.3, 0.4) is 0 Å². The number of nitrogen functional groups attached to an aromatic ring is 1. The summed E-state index contributed by atoms with van der Waals surface area (Å²) >= 11 is 0. The molecule has 0 spiro atoms. The van der Waals surface area contributed by atoms with Crippen LogP contribution in [0.15, 0.2) is 30.5 Å². The van der Waals surface area contributed by atoms with Gasteiger partial charge in [0.2, 0.25) is 5.88 Å². The van der Waals surface area contributed by atoms with Crippen molar-refractivity contribution in [3.8, 4) is 23.4 Å². The standard InChI is InChI=1S/C14H13N3O3/c1-19-12-6-9(8-18)2-3-11(12)20-14-13(16)10(7-15)4-5-17-14/h2-6,18H,8,16H2,1H3. The van der Waals surface area contributed by atoms with Gasteiger partial charge in [0.1, 0.15) is 11.8 Å². The van der Waals surface area contributed by atoms with Gasteiger partial charge in [-0.2, -0.15) is 5.26 Å². The van der Waals surface area contributed by atoms with Crippen LogP contribution in [-0.4, -0.2) is 17.2 Å². The molecule has 0 radical (unpaired) electrons. The molecular formula is C14H13N3O3. The van der Waals surface area contributed by atoms with Crippen LogP contribution in [0.1, 0.15) is 11.1 Å². The number of ether oxygens (including phenoxy) is 2. The summed E-state index contributed by atoms with van der Waals surface area (Å²) in [6.45, 7) is -0.0963. The predicted molar refractivity (Wildman–Crippen MR) is 72.4 cm³/mol. The highest BCUT2D eigenvalue weighted by atomic mass is 16.5. The summed E-state index contributed by atoms with van der Waals surface area (Å²) in [5, 5.41) is 18.0. The van der Waals surface area contributed by atoms with Gasteiger partial charge in [-0.15, -0.1) is 0 Å². The van der Waals surface area contributed by atoms with Crippen LogP contribution < -0.4 is 15.2 Å². The van der Waals surface area contributed by atoms with Crippen LogP contribution in [0.25, 0.3) is 0 Å². The number of aliphatic hydroxyl groups is 1. The van der Waals surface area contributed by atoms with Gasteiger partial charge in [0.15, 0.2) is 11.5 Å². The highest BCUT2D eigenvalue weighted by molar-refractivity contribution is 5.61. The number of nitriles is 1. The second-order valence-corrected chi connectivity index (χ2v) is 3.93. The number of methoxy groups -OCH3 is 1. The molecule has 0 bridgehead atoms. The van der Waals surface area contributed by atoms with Gasteiger partial charge in [0.05, 0.1) is 19.3 Å². The molecule has 20 heavy (non-hydrogen) atoms. The maximum Gasteiger partial charge on any atom is 0.244 e. The molecule has 3 N–H and O–H groups in total. The van der Waals surface area contributed by atoms with Gasteiger partial charge in [-0.3, -0.25) is 0 Å². The first-order valence-electron chi connectivity index (χ1n) is 5.79. The van der Waals surface area contributed by atoms with Gasteiger partial charge < -0.3 is 20.3 Å². The summed E-state index contributed by atoms with van der Waals surface area (Å²) < 4.78 is 10.8. The number of anilines is 1. The number of aliphatic hydroxyl groups excluding tert-OH is 1. The Labute approximate surface area is 116 Å². The molecule has 1 aromatic carbocycles. The van der Waals surface area contributed by atoms with E-state index in [0.29, 0.717) is 22.6 Å². The van der Waals surface area contributed by atoms with Gasteiger partial charge in [0.25, 0.3) is 0 Å². The first-order chi connectivity index (χ1) is 9.69. The molecule has 102 valence electrons. The van der Waals surface area contributed by atoms with E-state index in [9.17, 15) is 0 Å². The average molecular weight is 271 g/mol. The third-order valence-electron chi connectivity index (χ3n) is 2.69. The second kappa shape index (κ2) is 5.91. The maximum atomic E-state index is 9.09. The molecule has 1 aromatic heterocycles. The maximum absolute atomic E-state index is 9.09. The molecule has 1 heterocycles. The summed E-state index contributed by atoms with van der Waals surface area (Å²) in [6, 6.07) is 8.46. The van der Waals surface area contributed by atoms with Crippen molar-refractivity contribution in [3.63, 3.8) is 0 Å². The third kappa shape index (κ3) is 2.63. The number of aromatic nitrogens is 1. The van der Waals surface area contributed by atoms with Crippen LogP contribution in [0, 0.1) is 11.3 Å². The fourth-order valence-corrected chi connectivity index (χ4v) is 1.63. The summed E-state index contributed by atoms with van der Waals surface area (Å²) in [4.78, 5) is 4.00. The highest BCUT2D eigenvalue weighted by Gasteiger charge is 2.12. The van der Waals surface area contributed by atoms with Crippen molar-refractivity contribution in [2.75, 3.05) is 12.8 Å². The smallest absolute Gasteiger partial charge is 0.244 e. The van der Waals surface area contributed by atoms with E-state index in [0.717, 1.165) is 0 Å². The molecule has 2 aromatic rings. The topological polar surface area (TPSA) is 101 Å². The molecule has 0 aliphatic carbocycles. The van der Waals surface area contributed by atoms with Gasteiger partial charge in [-0.25, -0.2) is 4.98 Å². The van der Waals surface area contributed by atoms with Crippen molar-refractivity contribution >= 4 is 5.69 Å². The van der Waals surface area contributed by atoms with E-state index in [1.807, 2.05) is 6.07 Å². The molecule has 0 saturated carbocycles. The Kier molecular flexibility index (Phi) is 4.03. The molecule has 0 aliphatic rings. The van der Waals surface area contributed by atoms with E-state index in [1.54, 1.807) is 18.2 Å². The van der Waals surface area contributed by atoms with E-state index >= 15 is 0 Å². The molecule has 2 rings (SSSR count). The fourth-order valence-electron chi connectivity index (χ4n) is 1.63. The molecule has 0 amide bonds. The van der Waals surface area contributed by atoms with Crippen molar-refractivity contribution in [1.82, 2.24) is 4.98 Å². The van der Waals surface area contributed by atoms with Crippen molar-refractivity contribution in [2.24, 2.45) is 0 Å². The molecule has 6 heteroatoms. The Morgan fingerprint density at radius 2 is 2.15 bits per heavy atom. The number of hydrogen-bond acceptors (Lipinski definition) is 6. The monoisotopic (exact) mass is 271 g/mol. The SMILES string of the molecule is COc1cc(CO)ccc1Oc1nccc(C#N)c1N. The largest absolute Gasteiger partial charge is 0.493 e. The molecule has 0 atom stereocenters. The van der Waals surface area contributed by atoms with Crippen molar-refractivity contribution < 1.29 is 14.6 Å². The lowest BCUT2D eigenvalue weighted by atomic mass is 10.2. The lowest BCUT2D eigenvalue weighted by molar-refractivity contribution is 0.280. The Balaban J connectivity index is 2.38. The summed E-state index contributed by atoms with van der Waals surface area (Å²) in [5.41, 5.74) is 6.96. The summed E-state index contributed by atoms with van der Waals surface area (Å²) in [5.74, 6) is 0.984. The van der Waals surface area contributed by atoms with E-state index in [-0.39, 0.29) is 18.2 Å². The number of nitrogens with zero attached hydrogens (tertiary/aromatic N) is 2. The van der Waals surface area contributed by atoms with Gasteiger partial charge >= 0.3 is 0 Å². The Morgan fingerprint density at radius 1 is 1.35 bits per heavy atom. The van der Waals surface area contributed by atoms with E-state index in [2.05, 4.69) is 4.98 Å². The minimum absolute atomic E-state index is 0.0963. The number of hydrogen-bond donors (Lipinski definition) is 2. The lowest BCUT2D eigenvalue weighted by Crippen LogP contribution is -1.99. The molecule has 0 saturated heterocycles. The minimum atomic E-state index is -0.0963. The summed E-state index contributed by atoms with van der Waals surface area (Å²) in [7, 11) is 1.49. The van der Waals surface area contributed by atoms with Gasteiger partial charge in [-0.05, 0) is 23.8 Å². The van der Waals surface area contributed by atoms with E-state index < -0.39 is 0 Å². The Hall–Kier alpha value is -2.78. The van der Waals surface area contributed by atoms with Gasteiger partial charge in [-0.1, -0.05) is 6.07 Å². The molecular weight excluding hydrogens is 258 g/mol. The van der Waals surface area contributed by atoms with Crippen molar-refractivity contribution in [3.05, 3.63) is 41.6 Å². The number of rotatable bonds is 4. The first kappa shape index (κ1) is 13.6. The zero-order valence-corrected chi connectivity index (χ0v) is 10.8. The zero-order chi connectivity index (χ0) is 14.5. The molecule has 6 nitrogen and oxygen atoms in total. The predicted octanol–water partition coefficient (Wildman–Crippen LogP) is 1.83. The summed E-state index contributed by atoms with van der Waals surface area (Å²) in [6.07, 6.45) is 1.44.